The summed E-state index contributed by atoms with van der Waals surface area (Å²) >= 11 is 6.20. The van der Waals surface area contributed by atoms with Gasteiger partial charge in [0.2, 0.25) is 0 Å². The van der Waals surface area contributed by atoms with E-state index < -0.39 is 0 Å². The highest BCUT2D eigenvalue weighted by Gasteiger charge is 2.10. The van der Waals surface area contributed by atoms with Crippen molar-refractivity contribution in [3.8, 4) is 0 Å². The second-order valence-corrected chi connectivity index (χ2v) is 5.19. The van der Waals surface area contributed by atoms with E-state index in [1.165, 1.54) is 11.1 Å². The number of hydrogen-bond acceptors (Lipinski definition) is 2. The maximum Gasteiger partial charge on any atom is 0.131 e. The molecular weight excluding hydrogens is 258 g/mol. The van der Waals surface area contributed by atoms with E-state index in [9.17, 15) is 0 Å². The number of aryl methyl sites for hydroxylation is 3. The SMILES string of the molecule is Cc1ccccc1CCNCc1c(C)nn(C)c1Cl. The van der Waals surface area contributed by atoms with Gasteiger partial charge in [-0.2, -0.15) is 5.10 Å². The fraction of sp³-hybridized carbons (Fsp3) is 0.400. The lowest BCUT2D eigenvalue weighted by molar-refractivity contribution is 0.683. The fourth-order valence-electron chi connectivity index (χ4n) is 2.20. The second-order valence-electron chi connectivity index (χ2n) is 4.83. The number of hydrogen-bond donors (Lipinski definition) is 1. The summed E-state index contributed by atoms with van der Waals surface area (Å²) in [5.74, 6) is 0. The van der Waals surface area contributed by atoms with Crippen LogP contribution in [-0.4, -0.2) is 16.3 Å². The van der Waals surface area contributed by atoms with E-state index in [4.69, 9.17) is 11.6 Å². The van der Waals surface area contributed by atoms with Gasteiger partial charge in [-0.1, -0.05) is 35.9 Å². The fourth-order valence-corrected chi connectivity index (χ4v) is 2.44. The van der Waals surface area contributed by atoms with Crippen molar-refractivity contribution >= 4 is 11.6 Å². The summed E-state index contributed by atoms with van der Waals surface area (Å²) in [5, 5.41) is 8.46. The van der Waals surface area contributed by atoms with Gasteiger partial charge in [0, 0.05) is 19.2 Å². The van der Waals surface area contributed by atoms with E-state index in [0.29, 0.717) is 0 Å². The molecule has 1 heterocycles. The number of benzene rings is 1. The number of nitrogens with one attached hydrogen (secondary N) is 1. The lowest BCUT2D eigenvalue weighted by atomic mass is 10.1. The Labute approximate surface area is 119 Å². The molecule has 1 aromatic heterocycles. The highest BCUT2D eigenvalue weighted by Crippen LogP contribution is 2.18. The van der Waals surface area contributed by atoms with E-state index >= 15 is 0 Å². The normalized spacial score (nSPS) is 10.9. The lowest BCUT2D eigenvalue weighted by Crippen LogP contribution is -2.17. The molecule has 2 rings (SSSR count). The summed E-state index contributed by atoms with van der Waals surface area (Å²) in [4.78, 5) is 0. The first-order chi connectivity index (χ1) is 9.09. The molecule has 0 aliphatic carbocycles. The standard InChI is InChI=1S/C15H20ClN3/c1-11-6-4-5-7-13(11)8-9-17-10-14-12(2)18-19(3)15(14)16/h4-7,17H,8-10H2,1-3H3. The van der Waals surface area contributed by atoms with E-state index in [1.54, 1.807) is 4.68 Å². The largest absolute Gasteiger partial charge is 0.312 e. The van der Waals surface area contributed by atoms with Crippen molar-refractivity contribution in [1.82, 2.24) is 15.1 Å². The van der Waals surface area contributed by atoms with Crippen molar-refractivity contribution < 1.29 is 0 Å². The molecule has 0 saturated heterocycles. The van der Waals surface area contributed by atoms with Crippen LogP contribution in [0.25, 0.3) is 0 Å². The van der Waals surface area contributed by atoms with Gasteiger partial charge in [-0.3, -0.25) is 4.68 Å². The van der Waals surface area contributed by atoms with Crippen LogP contribution in [0.1, 0.15) is 22.4 Å². The number of aromatic nitrogens is 2. The van der Waals surface area contributed by atoms with Gasteiger partial charge < -0.3 is 5.32 Å². The molecule has 0 fully saturated rings. The second kappa shape index (κ2) is 6.22. The minimum atomic E-state index is 0.723. The molecule has 1 aromatic carbocycles. The summed E-state index contributed by atoms with van der Waals surface area (Å²) in [6.45, 7) is 5.85. The Bertz CT molecular complexity index is 561. The molecule has 0 bridgehead atoms. The quantitative estimate of drug-likeness (QED) is 0.852. The van der Waals surface area contributed by atoms with Gasteiger partial charge in [-0.05, 0) is 37.9 Å². The van der Waals surface area contributed by atoms with Crippen molar-refractivity contribution in [3.63, 3.8) is 0 Å². The topological polar surface area (TPSA) is 29.9 Å². The highest BCUT2D eigenvalue weighted by molar-refractivity contribution is 6.30. The van der Waals surface area contributed by atoms with Crippen LogP contribution in [-0.2, 0) is 20.0 Å². The Balaban J connectivity index is 1.86. The Morgan fingerprint density at radius 2 is 2.00 bits per heavy atom. The summed E-state index contributed by atoms with van der Waals surface area (Å²) in [7, 11) is 1.87. The van der Waals surface area contributed by atoms with Crippen LogP contribution in [0.15, 0.2) is 24.3 Å². The van der Waals surface area contributed by atoms with E-state index in [0.717, 1.165) is 35.9 Å². The molecule has 4 heteroatoms. The van der Waals surface area contributed by atoms with Crippen LogP contribution in [0, 0.1) is 13.8 Å². The summed E-state index contributed by atoms with van der Waals surface area (Å²) in [5.41, 5.74) is 4.83. The van der Waals surface area contributed by atoms with Crippen molar-refractivity contribution in [3.05, 3.63) is 51.8 Å². The third-order valence-electron chi connectivity index (χ3n) is 3.40. The monoisotopic (exact) mass is 277 g/mol. The van der Waals surface area contributed by atoms with Gasteiger partial charge in [0.25, 0.3) is 0 Å². The molecule has 102 valence electrons. The van der Waals surface area contributed by atoms with Crippen molar-refractivity contribution in [2.24, 2.45) is 7.05 Å². The van der Waals surface area contributed by atoms with Crippen molar-refractivity contribution in [2.45, 2.75) is 26.8 Å². The zero-order chi connectivity index (χ0) is 13.8. The maximum atomic E-state index is 6.20. The van der Waals surface area contributed by atoms with Crippen LogP contribution in [0.4, 0.5) is 0 Å². The first kappa shape index (κ1) is 14.1. The Hall–Kier alpha value is -1.32. The van der Waals surface area contributed by atoms with Gasteiger partial charge in [0.05, 0.1) is 5.69 Å². The molecule has 0 atom stereocenters. The van der Waals surface area contributed by atoms with Gasteiger partial charge in [-0.15, -0.1) is 0 Å². The number of nitrogens with zero attached hydrogens (tertiary/aromatic N) is 2. The number of halogens is 1. The van der Waals surface area contributed by atoms with Gasteiger partial charge in [0.15, 0.2) is 0 Å². The zero-order valence-corrected chi connectivity index (χ0v) is 12.5. The minimum absolute atomic E-state index is 0.723. The lowest BCUT2D eigenvalue weighted by Gasteiger charge is -2.07. The first-order valence-corrected chi connectivity index (χ1v) is 6.90. The maximum absolute atomic E-state index is 6.20. The molecule has 3 nitrogen and oxygen atoms in total. The van der Waals surface area contributed by atoms with Crippen LogP contribution in [0.2, 0.25) is 5.15 Å². The molecule has 0 spiro atoms. The van der Waals surface area contributed by atoms with Crippen LogP contribution < -0.4 is 5.32 Å². The van der Waals surface area contributed by atoms with Crippen LogP contribution in [0.5, 0.6) is 0 Å². The zero-order valence-electron chi connectivity index (χ0n) is 11.7. The van der Waals surface area contributed by atoms with E-state index in [2.05, 4.69) is 41.6 Å². The molecule has 0 aliphatic heterocycles. The van der Waals surface area contributed by atoms with E-state index in [-0.39, 0.29) is 0 Å². The third-order valence-corrected chi connectivity index (χ3v) is 3.88. The van der Waals surface area contributed by atoms with Gasteiger partial charge >= 0.3 is 0 Å². The highest BCUT2D eigenvalue weighted by atomic mass is 35.5. The molecule has 1 N–H and O–H groups in total. The van der Waals surface area contributed by atoms with Crippen LogP contribution >= 0.6 is 11.6 Å². The Morgan fingerprint density at radius 3 is 2.63 bits per heavy atom. The molecule has 0 aliphatic rings. The van der Waals surface area contributed by atoms with Crippen molar-refractivity contribution in [2.75, 3.05) is 6.54 Å². The number of rotatable bonds is 5. The molecule has 0 unspecified atom stereocenters. The molecule has 0 radical (unpaired) electrons. The first-order valence-electron chi connectivity index (χ1n) is 6.52. The Morgan fingerprint density at radius 1 is 1.26 bits per heavy atom. The minimum Gasteiger partial charge on any atom is -0.312 e. The third kappa shape index (κ3) is 3.37. The van der Waals surface area contributed by atoms with Crippen molar-refractivity contribution in [1.29, 1.82) is 0 Å². The summed E-state index contributed by atoms with van der Waals surface area (Å²) in [6, 6.07) is 8.49. The summed E-state index contributed by atoms with van der Waals surface area (Å²) < 4.78 is 1.72. The average molecular weight is 278 g/mol. The van der Waals surface area contributed by atoms with Gasteiger partial charge in [0.1, 0.15) is 5.15 Å². The van der Waals surface area contributed by atoms with Gasteiger partial charge in [-0.25, -0.2) is 0 Å². The molecule has 0 saturated carbocycles. The predicted molar refractivity (Wildman–Crippen MR) is 79.5 cm³/mol. The summed E-state index contributed by atoms with van der Waals surface area (Å²) in [6.07, 6.45) is 1.03. The van der Waals surface area contributed by atoms with E-state index in [1.807, 2.05) is 14.0 Å². The van der Waals surface area contributed by atoms with Crippen LogP contribution in [0.3, 0.4) is 0 Å². The predicted octanol–water partition coefficient (Wildman–Crippen LogP) is 3.02. The molecular formula is C15H20ClN3. The Kier molecular flexibility index (Phi) is 4.61. The smallest absolute Gasteiger partial charge is 0.131 e. The average Bonchev–Trinajstić information content (AvgIpc) is 2.62. The molecule has 19 heavy (non-hydrogen) atoms. The molecule has 2 aromatic rings. The molecule has 0 amide bonds.